The van der Waals surface area contributed by atoms with Crippen molar-refractivity contribution in [1.82, 2.24) is 9.80 Å². The van der Waals surface area contributed by atoms with E-state index in [2.05, 4.69) is 13.2 Å². The average molecular weight is 538 g/mol. The third-order valence-corrected chi connectivity index (χ3v) is 8.91. The molecule has 6 atom stereocenters. The number of fused-ring (bicyclic) bond motifs is 1. The number of hydrogen-bond donors (Lipinski definition) is 1. The number of carbonyl (C=O) groups is 3. The third kappa shape index (κ3) is 4.51. The van der Waals surface area contributed by atoms with Crippen LogP contribution in [0.4, 0.5) is 5.69 Å². The van der Waals surface area contributed by atoms with Crippen LogP contribution in [0.5, 0.6) is 0 Å². The smallest absolute Gasteiger partial charge is 0.248 e. The molecule has 0 saturated carbocycles. The fraction of sp³-hybridized carbons (Fsp3) is 0.581. The van der Waals surface area contributed by atoms with E-state index in [-0.39, 0.29) is 42.8 Å². The van der Waals surface area contributed by atoms with Crippen molar-refractivity contribution >= 4 is 23.4 Å². The van der Waals surface area contributed by atoms with Gasteiger partial charge in [0.2, 0.25) is 17.7 Å². The van der Waals surface area contributed by atoms with E-state index < -0.39 is 35.1 Å². The van der Waals surface area contributed by atoms with Gasteiger partial charge in [0.25, 0.3) is 0 Å². The molecule has 1 aromatic rings. The van der Waals surface area contributed by atoms with E-state index in [1.165, 1.54) is 0 Å². The molecule has 3 fully saturated rings. The third-order valence-electron chi connectivity index (χ3n) is 8.91. The summed E-state index contributed by atoms with van der Waals surface area (Å²) in [5.74, 6) is -2.47. The van der Waals surface area contributed by atoms with Crippen LogP contribution in [0.1, 0.15) is 47.5 Å². The van der Waals surface area contributed by atoms with Gasteiger partial charge >= 0.3 is 0 Å². The molecule has 3 aliphatic heterocycles. The van der Waals surface area contributed by atoms with Gasteiger partial charge in [-0.2, -0.15) is 0 Å². The van der Waals surface area contributed by atoms with Gasteiger partial charge in [-0.15, -0.1) is 13.2 Å². The number of amides is 3. The molecule has 1 aromatic carbocycles. The Labute approximate surface area is 232 Å². The van der Waals surface area contributed by atoms with Crippen molar-refractivity contribution in [1.29, 1.82) is 0 Å². The van der Waals surface area contributed by atoms with E-state index in [9.17, 15) is 19.5 Å². The normalized spacial score (nSPS) is 30.0. The fourth-order valence-electron chi connectivity index (χ4n) is 7.08. The molecule has 0 aliphatic carbocycles. The number of ether oxygens (including phenoxy) is 1. The van der Waals surface area contributed by atoms with Crippen molar-refractivity contribution < 1.29 is 24.2 Å². The van der Waals surface area contributed by atoms with Crippen LogP contribution in [-0.2, 0) is 19.1 Å². The molecular formula is C31H43N3O5. The largest absolute Gasteiger partial charge is 0.394 e. The van der Waals surface area contributed by atoms with E-state index in [4.69, 9.17) is 4.74 Å². The molecule has 3 heterocycles. The molecule has 4 rings (SSSR count). The Morgan fingerprint density at radius 1 is 1.10 bits per heavy atom. The molecule has 39 heavy (non-hydrogen) atoms. The lowest BCUT2D eigenvalue weighted by molar-refractivity contribution is -0.156. The Kier molecular flexibility index (Phi) is 8.11. The zero-order valence-corrected chi connectivity index (χ0v) is 23.9. The molecule has 1 N–H and O–H groups in total. The first-order chi connectivity index (χ1) is 18.5. The molecule has 0 aromatic heterocycles. The maximum atomic E-state index is 14.5. The standard InChI is InChI=1S/C31H43N3O5/c1-8-17-32(21(5)6)29(38)26-31-16-15-30(7,39-31)24(25(31)28(37)34(26)23(19-35)20(3)4)27(36)33(18-9-2)22-13-11-10-12-14-22/h8-14,20-21,23-26,35H,1-2,15-19H2,3-7H3/t23-,24-,25-,26?,30+,31?/m0/s1. The predicted molar refractivity (Wildman–Crippen MR) is 151 cm³/mol. The van der Waals surface area contributed by atoms with Gasteiger partial charge in [-0.05, 0) is 51.7 Å². The van der Waals surface area contributed by atoms with Gasteiger partial charge in [-0.3, -0.25) is 14.4 Å². The highest BCUT2D eigenvalue weighted by atomic mass is 16.5. The number of carbonyl (C=O) groups excluding carboxylic acids is 3. The minimum Gasteiger partial charge on any atom is -0.394 e. The SMILES string of the molecule is C=CCN(C(=O)[C@@H]1[C@H]2C(=O)N([C@@H](CO)C(C)C)C(C(=O)N(CC=C)C(C)C)C23CC[C@@]1(C)O3)c1ccccc1. The topological polar surface area (TPSA) is 90.4 Å². The second kappa shape index (κ2) is 10.9. The van der Waals surface area contributed by atoms with Gasteiger partial charge in [-0.1, -0.05) is 44.2 Å². The van der Waals surface area contributed by atoms with Crippen LogP contribution in [0, 0.1) is 17.8 Å². The minimum atomic E-state index is -1.16. The first-order valence-corrected chi connectivity index (χ1v) is 14.0. The lowest BCUT2D eigenvalue weighted by Gasteiger charge is -2.41. The number of likely N-dealkylation sites (tertiary alicyclic amines) is 1. The van der Waals surface area contributed by atoms with Gasteiger partial charge in [-0.25, -0.2) is 0 Å². The maximum absolute atomic E-state index is 14.5. The summed E-state index contributed by atoms with van der Waals surface area (Å²) in [5.41, 5.74) is -1.34. The molecule has 212 valence electrons. The number of para-hydroxylation sites is 1. The van der Waals surface area contributed by atoms with E-state index in [0.717, 1.165) is 0 Å². The number of benzene rings is 1. The Morgan fingerprint density at radius 3 is 2.28 bits per heavy atom. The van der Waals surface area contributed by atoms with Crippen LogP contribution < -0.4 is 4.90 Å². The van der Waals surface area contributed by atoms with Gasteiger partial charge in [0, 0.05) is 24.8 Å². The van der Waals surface area contributed by atoms with Crippen LogP contribution in [0.25, 0.3) is 0 Å². The summed E-state index contributed by atoms with van der Waals surface area (Å²) in [5, 5.41) is 10.4. The quantitative estimate of drug-likeness (QED) is 0.437. The highest BCUT2D eigenvalue weighted by Crippen LogP contribution is 2.64. The number of rotatable bonds is 11. The van der Waals surface area contributed by atoms with Crippen LogP contribution >= 0.6 is 0 Å². The average Bonchev–Trinajstić information content (AvgIpc) is 3.46. The number of aliphatic hydroxyl groups is 1. The maximum Gasteiger partial charge on any atom is 0.248 e. The zero-order chi connectivity index (χ0) is 28.7. The summed E-state index contributed by atoms with van der Waals surface area (Å²) in [6.45, 7) is 17.6. The van der Waals surface area contributed by atoms with Crippen molar-refractivity contribution in [3.63, 3.8) is 0 Å². The van der Waals surface area contributed by atoms with Crippen molar-refractivity contribution in [2.45, 2.75) is 76.8 Å². The second-order valence-electron chi connectivity index (χ2n) is 11.9. The summed E-state index contributed by atoms with van der Waals surface area (Å²) in [4.78, 5) is 48.1. The van der Waals surface area contributed by atoms with Gasteiger partial charge < -0.3 is 24.5 Å². The van der Waals surface area contributed by atoms with Crippen LogP contribution in [0.2, 0.25) is 0 Å². The van der Waals surface area contributed by atoms with Gasteiger partial charge in [0.15, 0.2) is 0 Å². The molecule has 3 aliphatic rings. The van der Waals surface area contributed by atoms with Crippen LogP contribution in [0.3, 0.4) is 0 Å². The molecular weight excluding hydrogens is 494 g/mol. The number of anilines is 1. The predicted octanol–water partition coefficient (Wildman–Crippen LogP) is 3.41. The Hall–Kier alpha value is -2.97. The lowest BCUT2D eigenvalue weighted by Crippen LogP contribution is -2.60. The van der Waals surface area contributed by atoms with Crippen molar-refractivity contribution in [3.8, 4) is 0 Å². The first kappa shape index (κ1) is 29.0. The fourth-order valence-corrected chi connectivity index (χ4v) is 7.08. The van der Waals surface area contributed by atoms with Crippen LogP contribution in [-0.4, -0.2) is 81.7 Å². The molecule has 3 amide bonds. The number of hydrogen-bond acceptors (Lipinski definition) is 5. The summed E-state index contributed by atoms with van der Waals surface area (Å²) >= 11 is 0. The highest BCUT2D eigenvalue weighted by Gasteiger charge is 2.79. The van der Waals surface area contributed by atoms with Crippen molar-refractivity contribution in [2.24, 2.45) is 17.8 Å². The van der Waals surface area contributed by atoms with Crippen molar-refractivity contribution in [3.05, 3.63) is 55.6 Å². The van der Waals surface area contributed by atoms with E-state index in [0.29, 0.717) is 25.1 Å². The summed E-state index contributed by atoms with van der Waals surface area (Å²) < 4.78 is 6.80. The molecule has 8 nitrogen and oxygen atoms in total. The van der Waals surface area contributed by atoms with Gasteiger partial charge in [0.05, 0.1) is 30.1 Å². The monoisotopic (exact) mass is 537 g/mol. The summed E-state index contributed by atoms with van der Waals surface area (Å²) in [6.07, 6.45) is 4.38. The number of nitrogens with zero attached hydrogens (tertiary/aromatic N) is 3. The minimum absolute atomic E-state index is 0.111. The Balaban J connectivity index is 1.85. The first-order valence-electron chi connectivity index (χ1n) is 14.0. The zero-order valence-electron chi connectivity index (χ0n) is 23.9. The van der Waals surface area contributed by atoms with E-state index in [1.54, 1.807) is 26.9 Å². The van der Waals surface area contributed by atoms with Gasteiger partial charge in [0.1, 0.15) is 11.6 Å². The van der Waals surface area contributed by atoms with Crippen molar-refractivity contribution in [2.75, 3.05) is 24.6 Å². The lowest BCUT2D eigenvalue weighted by atomic mass is 9.66. The molecule has 8 heteroatoms. The Bertz CT molecular complexity index is 1120. The molecule has 1 spiro atoms. The van der Waals surface area contributed by atoms with E-state index >= 15 is 0 Å². The summed E-state index contributed by atoms with van der Waals surface area (Å²) in [7, 11) is 0. The Morgan fingerprint density at radius 2 is 1.74 bits per heavy atom. The van der Waals surface area contributed by atoms with E-state index in [1.807, 2.05) is 65.0 Å². The summed E-state index contributed by atoms with van der Waals surface area (Å²) in [6, 6.07) is 7.67. The molecule has 2 bridgehead atoms. The molecule has 2 unspecified atom stereocenters. The number of aliphatic hydroxyl groups excluding tert-OH is 1. The molecule has 0 radical (unpaired) electrons. The molecule has 3 saturated heterocycles. The highest BCUT2D eigenvalue weighted by molar-refractivity contribution is 6.03. The second-order valence-corrected chi connectivity index (χ2v) is 11.9. The van der Waals surface area contributed by atoms with Crippen LogP contribution in [0.15, 0.2) is 55.6 Å².